The van der Waals surface area contributed by atoms with E-state index in [0.717, 1.165) is 33.5 Å². The molecule has 0 saturated heterocycles. The number of rotatable bonds is 29. The van der Waals surface area contributed by atoms with Gasteiger partial charge in [-0.15, -0.1) is 0 Å². The fourth-order valence-corrected chi connectivity index (χ4v) is 7.89. The lowest BCUT2D eigenvalue weighted by Gasteiger charge is -2.27. The highest BCUT2D eigenvalue weighted by Gasteiger charge is 2.33. The van der Waals surface area contributed by atoms with Crippen LogP contribution in [0.4, 0.5) is 4.79 Å². The van der Waals surface area contributed by atoms with Gasteiger partial charge in [0.2, 0.25) is 23.6 Å². The first kappa shape index (κ1) is 59.0. The van der Waals surface area contributed by atoms with Crippen LogP contribution in [0.1, 0.15) is 84.3 Å². The Morgan fingerprint density at radius 2 is 1.23 bits per heavy atom. The lowest BCUT2D eigenvalue weighted by molar-refractivity contribution is -0.134. The summed E-state index contributed by atoms with van der Waals surface area (Å²) in [5.41, 5.74) is 3.87. The summed E-state index contributed by atoms with van der Waals surface area (Å²) in [7, 11) is 0. The van der Waals surface area contributed by atoms with Gasteiger partial charge in [0.15, 0.2) is 0 Å². The standard InChI is InChI=1S/C58H75N5O12/c1-57(2,3)75-56(72)63-45(53(69)60-36-48(65)51(67)52(68)49(66)37-64)25-15-17-31-59-54(70)47(33-39-26-28-44(29-27-39)74-38-40-19-9-6-10-20-40)62-55(71)58(4,5)30-16-18-32-73-50-35-43(41-21-11-7-12-22-41)34-46(61-50)42-23-13-8-14-24-42/h6-14,19-24,26-29,34-35,45,47-49,51-52,64-68H,15-18,25,30-33,36-38H2,1-5H3,(H,59,70)(H,60,69)(H,62,71)(H,63,72)/t45?,47?,48-,49+,51+,52+/m0/s1. The van der Waals surface area contributed by atoms with E-state index in [2.05, 4.69) is 21.3 Å². The minimum absolute atomic E-state index is 0.0782. The Morgan fingerprint density at radius 1 is 0.613 bits per heavy atom. The summed E-state index contributed by atoms with van der Waals surface area (Å²) in [6, 6.07) is 39.0. The van der Waals surface area contributed by atoms with Crippen molar-refractivity contribution in [1.82, 2.24) is 26.3 Å². The predicted molar refractivity (Wildman–Crippen MR) is 285 cm³/mol. The molecule has 4 aromatic carbocycles. The van der Waals surface area contributed by atoms with Crippen molar-refractivity contribution in [3.8, 4) is 34.0 Å². The van der Waals surface area contributed by atoms with E-state index in [4.69, 9.17) is 24.3 Å². The summed E-state index contributed by atoms with van der Waals surface area (Å²) in [4.78, 5) is 58.9. The van der Waals surface area contributed by atoms with Gasteiger partial charge in [-0.05, 0) is 99.7 Å². The van der Waals surface area contributed by atoms with Crippen molar-refractivity contribution in [3.63, 3.8) is 0 Å². The topological polar surface area (TPSA) is 258 Å². The lowest BCUT2D eigenvalue weighted by atomic mass is 9.85. The van der Waals surface area contributed by atoms with Crippen LogP contribution < -0.4 is 30.7 Å². The second-order valence-electron chi connectivity index (χ2n) is 20.2. The average Bonchev–Trinajstić information content (AvgIpc) is 3.40. The molecular formula is C58H75N5O12. The maximum Gasteiger partial charge on any atom is 0.408 e. The van der Waals surface area contributed by atoms with Gasteiger partial charge in [-0.1, -0.05) is 117 Å². The Labute approximate surface area is 440 Å². The zero-order valence-corrected chi connectivity index (χ0v) is 43.6. The number of carbonyl (C=O) groups excluding carboxylic acids is 4. The Morgan fingerprint density at radius 3 is 1.87 bits per heavy atom. The normalized spacial score (nSPS) is 14.0. The van der Waals surface area contributed by atoms with Crippen LogP contribution in [0.15, 0.2) is 127 Å². The van der Waals surface area contributed by atoms with Gasteiger partial charge in [-0.3, -0.25) is 14.4 Å². The quantitative estimate of drug-likeness (QED) is 0.0248. The molecule has 0 spiro atoms. The molecule has 0 aliphatic rings. The molecule has 1 aromatic heterocycles. The molecule has 1 heterocycles. The Kier molecular flexibility index (Phi) is 23.0. The largest absolute Gasteiger partial charge is 0.489 e. The first-order chi connectivity index (χ1) is 35.8. The van der Waals surface area contributed by atoms with Crippen molar-refractivity contribution >= 4 is 23.8 Å². The van der Waals surface area contributed by atoms with Crippen molar-refractivity contribution in [2.24, 2.45) is 5.41 Å². The van der Waals surface area contributed by atoms with Crippen LogP contribution in [-0.4, -0.2) is 123 Å². The number of amides is 4. The van der Waals surface area contributed by atoms with E-state index in [1.54, 1.807) is 20.8 Å². The molecule has 17 nitrogen and oxygen atoms in total. The van der Waals surface area contributed by atoms with Crippen LogP contribution in [0, 0.1) is 5.41 Å². The van der Waals surface area contributed by atoms with Crippen LogP contribution in [-0.2, 0) is 32.1 Å². The highest BCUT2D eigenvalue weighted by Crippen LogP contribution is 2.30. The van der Waals surface area contributed by atoms with Crippen molar-refractivity contribution in [1.29, 1.82) is 0 Å². The summed E-state index contributed by atoms with van der Waals surface area (Å²) in [6.07, 6.45) is -5.36. The van der Waals surface area contributed by atoms with E-state index < -0.39 is 78.6 Å². The van der Waals surface area contributed by atoms with Gasteiger partial charge < -0.3 is 61.0 Å². The fraction of sp³-hybridized carbons (Fsp3) is 0.431. The van der Waals surface area contributed by atoms with Crippen LogP contribution in [0.3, 0.4) is 0 Å². The summed E-state index contributed by atoms with van der Waals surface area (Å²) in [5, 5.41) is 60.2. The van der Waals surface area contributed by atoms with Crippen LogP contribution in [0.2, 0.25) is 0 Å². The van der Waals surface area contributed by atoms with Crippen molar-refractivity contribution in [2.45, 2.75) is 128 Å². The summed E-state index contributed by atoms with van der Waals surface area (Å²) < 4.78 is 17.5. The third-order valence-electron chi connectivity index (χ3n) is 12.3. The number of hydrogen-bond donors (Lipinski definition) is 9. The van der Waals surface area contributed by atoms with Gasteiger partial charge in [0.25, 0.3) is 0 Å². The van der Waals surface area contributed by atoms with Gasteiger partial charge in [-0.25, -0.2) is 9.78 Å². The summed E-state index contributed by atoms with van der Waals surface area (Å²) in [5.74, 6) is -0.295. The predicted octanol–water partition coefficient (Wildman–Crippen LogP) is 6.03. The van der Waals surface area contributed by atoms with Gasteiger partial charge in [-0.2, -0.15) is 0 Å². The summed E-state index contributed by atoms with van der Waals surface area (Å²) >= 11 is 0. The van der Waals surface area contributed by atoms with E-state index >= 15 is 0 Å². The van der Waals surface area contributed by atoms with Crippen LogP contribution >= 0.6 is 0 Å². The maximum atomic E-state index is 14.1. The Hall–Kier alpha value is -6.89. The number of ether oxygens (including phenoxy) is 3. The number of aliphatic hydroxyl groups is 5. The van der Waals surface area contributed by atoms with Crippen molar-refractivity contribution in [3.05, 3.63) is 139 Å². The smallest absolute Gasteiger partial charge is 0.408 e. The summed E-state index contributed by atoms with van der Waals surface area (Å²) in [6.45, 7) is 8.17. The van der Waals surface area contributed by atoms with Crippen molar-refractivity contribution in [2.75, 3.05) is 26.3 Å². The van der Waals surface area contributed by atoms with E-state index in [1.807, 2.05) is 141 Å². The Bertz CT molecular complexity index is 2470. The second-order valence-corrected chi connectivity index (χ2v) is 20.2. The number of carbonyl (C=O) groups is 4. The minimum Gasteiger partial charge on any atom is -0.489 e. The first-order valence-electron chi connectivity index (χ1n) is 25.5. The molecule has 404 valence electrons. The molecular weight excluding hydrogens is 959 g/mol. The highest BCUT2D eigenvalue weighted by molar-refractivity contribution is 5.90. The number of unbranched alkanes of at least 4 members (excludes halogenated alkanes) is 2. The van der Waals surface area contributed by atoms with Crippen molar-refractivity contribution < 1.29 is 58.9 Å². The molecule has 0 fully saturated rings. The Balaban J connectivity index is 1.19. The monoisotopic (exact) mass is 1030 g/mol. The van der Waals surface area contributed by atoms with Gasteiger partial charge >= 0.3 is 6.09 Å². The number of nitrogens with zero attached hydrogens (tertiary/aromatic N) is 1. The SMILES string of the molecule is CC(C)(C)OC(=O)NC(CCCCNC(=O)C(Cc1ccc(OCc2ccccc2)cc1)NC(=O)C(C)(C)CCCCOc1cc(-c2ccccc2)cc(-c2ccccc2)n1)C(=O)NC[C@H](O)[C@@H](O)[C@H](O)[C@H](O)CO. The van der Waals surface area contributed by atoms with E-state index in [0.29, 0.717) is 56.9 Å². The molecule has 0 aliphatic heterocycles. The molecule has 5 aromatic rings. The molecule has 6 atom stereocenters. The molecule has 0 saturated carbocycles. The van der Waals surface area contributed by atoms with Gasteiger partial charge in [0.05, 0.1) is 25.0 Å². The molecule has 5 rings (SSSR count). The number of hydrogen-bond acceptors (Lipinski definition) is 13. The molecule has 4 amide bonds. The third kappa shape index (κ3) is 20.1. The second kappa shape index (κ2) is 29.3. The van der Waals surface area contributed by atoms with Crippen LogP contribution in [0.25, 0.3) is 22.4 Å². The molecule has 75 heavy (non-hydrogen) atoms. The number of pyridine rings is 1. The molecule has 0 bridgehead atoms. The zero-order valence-electron chi connectivity index (χ0n) is 43.6. The lowest BCUT2D eigenvalue weighted by Crippen LogP contribution is -2.53. The van der Waals surface area contributed by atoms with Crippen LogP contribution in [0.5, 0.6) is 11.6 Å². The first-order valence-corrected chi connectivity index (χ1v) is 25.5. The molecule has 0 radical (unpaired) electrons. The third-order valence-corrected chi connectivity index (χ3v) is 12.3. The highest BCUT2D eigenvalue weighted by atomic mass is 16.6. The number of benzene rings is 4. The molecule has 0 aliphatic carbocycles. The molecule has 9 N–H and O–H groups in total. The molecule has 17 heteroatoms. The number of aromatic nitrogens is 1. The minimum atomic E-state index is -1.90. The number of aliphatic hydroxyl groups excluding tert-OH is 5. The van der Waals surface area contributed by atoms with E-state index in [1.165, 1.54) is 0 Å². The average molecular weight is 1030 g/mol. The zero-order chi connectivity index (χ0) is 54.4. The molecule has 2 unspecified atom stereocenters. The number of alkyl carbamates (subject to hydrolysis) is 1. The van der Waals surface area contributed by atoms with Gasteiger partial charge in [0.1, 0.15) is 48.4 Å². The maximum absolute atomic E-state index is 14.1. The van der Waals surface area contributed by atoms with Gasteiger partial charge in [0, 0.05) is 36.6 Å². The van der Waals surface area contributed by atoms with E-state index in [9.17, 15) is 39.6 Å². The van der Waals surface area contributed by atoms with E-state index in [-0.39, 0.29) is 25.3 Å². The number of nitrogens with one attached hydrogen (secondary N) is 4. The fourth-order valence-electron chi connectivity index (χ4n) is 7.89.